The molecule has 1 fully saturated rings. The summed E-state index contributed by atoms with van der Waals surface area (Å²) < 4.78 is 20.8. The molecule has 1 aliphatic heterocycles. The molecule has 0 aliphatic carbocycles. The van der Waals surface area contributed by atoms with Gasteiger partial charge in [-0.1, -0.05) is 5.16 Å². The summed E-state index contributed by atoms with van der Waals surface area (Å²) in [6, 6.07) is 5.24. The summed E-state index contributed by atoms with van der Waals surface area (Å²) in [4.78, 5) is 27.1. The van der Waals surface area contributed by atoms with E-state index in [4.69, 9.17) is 18.4 Å². The van der Waals surface area contributed by atoms with E-state index in [2.05, 4.69) is 5.16 Å². The lowest BCUT2D eigenvalue weighted by atomic mass is 10.3. The van der Waals surface area contributed by atoms with Crippen LogP contribution in [0.15, 0.2) is 33.4 Å². The van der Waals surface area contributed by atoms with Gasteiger partial charge in [0.25, 0.3) is 0 Å². The third kappa shape index (κ3) is 4.42. The summed E-state index contributed by atoms with van der Waals surface area (Å²) in [6.07, 6.45) is 1.21. The second-order valence-electron chi connectivity index (χ2n) is 5.72. The predicted octanol–water partition coefficient (Wildman–Crippen LogP) is 1.75. The summed E-state index contributed by atoms with van der Waals surface area (Å²) in [5, 5.41) is 3.89. The monoisotopic (exact) mass is 363 g/mol. The Kier molecular flexibility index (Phi) is 5.90. The fraction of sp³-hybridized carbons (Fsp3) is 0.471. The fourth-order valence-corrected chi connectivity index (χ4v) is 2.60. The molecule has 0 bridgehead atoms. The number of ether oxygens (including phenoxy) is 2. The highest BCUT2D eigenvalue weighted by Crippen LogP contribution is 2.20. The number of carbonyl (C=O) groups is 2. The molecule has 3 rings (SSSR count). The zero-order chi connectivity index (χ0) is 18.4. The third-order valence-corrected chi connectivity index (χ3v) is 3.96. The van der Waals surface area contributed by atoms with Crippen LogP contribution in [0.5, 0.6) is 0 Å². The van der Waals surface area contributed by atoms with Crippen LogP contribution in [-0.4, -0.2) is 66.3 Å². The molecule has 0 N–H and O–H groups in total. The Morgan fingerprint density at radius 2 is 1.96 bits per heavy atom. The van der Waals surface area contributed by atoms with E-state index in [1.807, 2.05) is 0 Å². The zero-order valence-corrected chi connectivity index (χ0v) is 14.6. The van der Waals surface area contributed by atoms with Gasteiger partial charge in [0.05, 0.1) is 19.5 Å². The molecule has 0 spiro atoms. The Labute approximate surface area is 150 Å². The van der Waals surface area contributed by atoms with Crippen molar-refractivity contribution in [1.82, 2.24) is 15.0 Å². The molecule has 2 aromatic rings. The van der Waals surface area contributed by atoms with Crippen molar-refractivity contribution < 1.29 is 28.0 Å². The van der Waals surface area contributed by atoms with Crippen molar-refractivity contribution in [2.24, 2.45) is 0 Å². The largest absolute Gasteiger partial charge is 0.461 e. The summed E-state index contributed by atoms with van der Waals surface area (Å²) in [6.45, 7) is 4.07. The number of hydrogen-bond donors (Lipinski definition) is 0. The number of furan rings is 1. The van der Waals surface area contributed by atoms with Gasteiger partial charge in [-0.05, 0) is 19.1 Å². The van der Waals surface area contributed by atoms with Gasteiger partial charge in [0.2, 0.25) is 11.7 Å². The molecule has 0 radical (unpaired) electrons. The normalized spacial score (nSPS) is 14.5. The van der Waals surface area contributed by atoms with Crippen LogP contribution in [-0.2, 0) is 20.9 Å². The Hall–Kier alpha value is -2.81. The molecule has 2 amide bonds. The van der Waals surface area contributed by atoms with Gasteiger partial charge in [0.1, 0.15) is 12.3 Å². The van der Waals surface area contributed by atoms with Gasteiger partial charge in [-0.2, -0.15) is 0 Å². The zero-order valence-electron chi connectivity index (χ0n) is 14.6. The lowest BCUT2D eigenvalue weighted by Gasteiger charge is -2.33. The van der Waals surface area contributed by atoms with Crippen LogP contribution in [0.1, 0.15) is 12.6 Å². The molecule has 0 unspecified atom stereocenters. The molecule has 0 atom stereocenters. The maximum atomic E-state index is 12.2. The van der Waals surface area contributed by atoms with Crippen molar-refractivity contribution in [1.29, 1.82) is 0 Å². The van der Waals surface area contributed by atoms with E-state index < -0.39 is 0 Å². The van der Waals surface area contributed by atoms with Crippen LogP contribution in [0.4, 0.5) is 4.79 Å². The maximum absolute atomic E-state index is 12.2. The molecule has 9 heteroatoms. The van der Waals surface area contributed by atoms with Gasteiger partial charge in [-0.3, -0.25) is 4.79 Å². The van der Waals surface area contributed by atoms with Gasteiger partial charge in [0, 0.05) is 32.2 Å². The molecule has 26 heavy (non-hydrogen) atoms. The summed E-state index contributed by atoms with van der Waals surface area (Å²) in [7, 11) is 0. The predicted molar refractivity (Wildman–Crippen MR) is 89.0 cm³/mol. The number of carbonyl (C=O) groups excluding carboxylic acids is 2. The molecular formula is C17H21N3O6. The Morgan fingerprint density at radius 1 is 1.19 bits per heavy atom. The van der Waals surface area contributed by atoms with Crippen molar-refractivity contribution in [3.8, 4) is 11.5 Å². The number of piperazine rings is 1. The van der Waals surface area contributed by atoms with Crippen LogP contribution < -0.4 is 0 Å². The fourth-order valence-electron chi connectivity index (χ4n) is 2.60. The summed E-state index contributed by atoms with van der Waals surface area (Å²) >= 11 is 0. The lowest BCUT2D eigenvalue weighted by molar-refractivity contribution is -0.138. The van der Waals surface area contributed by atoms with Crippen molar-refractivity contribution in [3.63, 3.8) is 0 Å². The first-order chi connectivity index (χ1) is 12.7. The number of hydrogen-bond acceptors (Lipinski definition) is 7. The molecule has 0 saturated carbocycles. The minimum Gasteiger partial charge on any atom is -0.461 e. The molecular weight excluding hydrogens is 342 g/mol. The van der Waals surface area contributed by atoms with Crippen molar-refractivity contribution in [2.75, 3.05) is 39.4 Å². The Balaban J connectivity index is 1.39. The molecule has 2 aromatic heterocycles. The van der Waals surface area contributed by atoms with E-state index in [-0.39, 0.29) is 25.2 Å². The number of aromatic nitrogens is 1. The third-order valence-electron chi connectivity index (χ3n) is 3.96. The minimum atomic E-state index is -0.339. The Bertz CT molecular complexity index is 719. The average Bonchev–Trinajstić information content (AvgIpc) is 3.33. The van der Waals surface area contributed by atoms with E-state index >= 15 is 0 Å². The molecule has 140 valence electrons. The van der Waals surface area contributed by atoms with Crippen molar-refractivity contribution in [2.45, 2.75) is 13.5 Å². The van der Waals surface area contributed by atoms with Gasteiger partial charge >= 0.3 is 6.09 Å². The van der Waals surface area contributed by atoms with Gasteiger partial charge in [-0.15, -0.1) is 0 Å². The SMILES string of the molecule is CCOC(=O)N1CCN(C(=O)COCc2cc(-c3ccco3)on2)CC1. The van der Waals surface area contributed by atoms with Gasteiger partial charge in [-0.25, -0.2) is 4.79 Å². The first kappa shape index (κ1) is 18.0. The molecule has 3 heterocycles. The summed E-state index contributed by atoms with van der Waals surface area (Å²) in [5.41, 5.74) is 0.580. The molecule has 1 aliphatic rings. The second-order valence-corrected chi connectivity index (χ2v) is 5.72. The van der Waals surface area contributed by atoms with Crippen LogP contribution in [0, 0.1) is 0 Å². The van der Waals surface area contributed by atoms with E-state index in [0.717, 1.165) is 0 Å². The van der Waals surface area contributed by atoms with Gasteiger partial charge in [0.15, 0.2) is 5.76 Å². The minimum absolute atomic E-state index is 0.0532. The first-order valence-electron chi connectivity index (χ1n) is 8.44. The first-order valence-corrected chi connectivity index (χ1v) is 8.44. The highest BCUT2D eigenvalue weighted by atomic mass is 16.6. The molecule has 1 saturated heterocycles. The van der Waals surface area contributed by atoms with Crippen LogP contribution in [0.3, 0.4) is 0 Å². The summed E-state index contributed by atoms with van der Waals surface area (Å²) in [5.74, 6) is 0.970. The molecule has 9 nitrogen and oxygen atoms in total. The van der Waals surface area contributed by atoms with Crippen LogP contribution in [0.2, 0.25) is 0 Å². The quantitative estimate of drug-likeness (QED) is 0.771. The number of rotatable bonds is 6. The standard InChI is InChI=1S/C17H21N3O6/c1-2-24-17(22)20-7-5-19(6-8-20)16(21)12-23-11-13-10-15(26-18-13)14-4-3-9-25-14/h3-4,9-10H,2,5-8,11-12H2,1H3. The Morgan fingerprint density at radius 3 is 2.65 bits per heavy atom. The smallest absolute Gasteiger partial charge is 0.409 e. The topological polar surface area (TPSA) is 98.2 Å². The van der Waals surface area contributed by atoms with Crippen molar-refractivity contribution >= 4 is 12.0 Å². The lowest BCUT2D eigenvalue weighted by Crippen LogP contribution is -2.51. The molecule has 0 aromatic carbocycles. The number of amides is 2. The maximum Gasteiger partial charge on any atom is 0.409 e. The van der Waals surface area contributed by atoms with E-state index in [0.29, 0.717) is 50.0 Å². The van der Waals surface area contributed by atoms with Crippen LogP contribution >= 0.6 is 0 Å². The highest BCUT2D eigenvalue weighted by molar-refractivity contribution is 5.78. The van der Waals surface area contributed by atoms with E-state index in [9.17, 15) is 9.59 Å². The van der Waals surface area contributed by atoms with E-state index in [1.54, 1.807) is 41.2 Å². The number of nitrogens with zero attached hydrogens (tertiary/aromatic N) is 3. The van der Waals surface area contributed by atoms with Crippen LogP contribution in [0.25, 0.3) is 11.5 Å². The van der Waals surface area contributed by atoms with Gasteiger partial charge < -0.3 is 28.2 Å². The van der Waals surface area contributed by atoms with Crippen molar-refractivity contribution in [3.05, 3.63) is 30.2 Å². The van der Waals surface area contributed by atoms with E-state index in [1.165, 1.54) is 0 Å². The highest BCUT2D eigenvalue weighted by Gasteiger charge is 2.24. The second kappa shape index (κ2) is 8.52. The average molecular weight is 363 g/mol.